The fraction of sp³-hybridized carbons (Fsp3) is 0.400. The van der Waals surface area contributed by atoms with E-state index in [2.05, 4.69) is 6.92 Å². The molecule has 0 aliphatic rings. The smallest absolute Gasteiger partial charge is 0.258 e. The molecule has 102 valence electrons. The number of fused-ring (bicyclic) bond motifs is 1. The Morgan fingerprint density at radius 2 is 2.16 bits per heavy atom. The third-order valence-corrected chi connectivity index (χ3v) is 3.02. The quantitative estimate of drug-likeness (QED) is 0.865. The molecule has 0 radical (unpaired) electrons. The lowest BCUT2D eigenvalue weighted by atomic mass is 10.1. The molecule has 0 fully saturated rings. The van der Waals surface area contributed by atoms with Crippen LogP contribution in [0.25, 0.3) is 10.8 Å². The first-order valence-electron chi connectivity index (χ1n) is 6.72. The first-order valence-corrected chi connectivity index (χ1v) is 6.72. The maximum absolute atomic E-state index is 12.2. The average Bonchev–Trinajstić information content (AvgIpc) is 2.44. The molecule has 0 amide bonds. The number of ether oxygens (including phenoxy) is 1. The van der Waals surface area contributed by atoms with Gasteiger partial charge in [0.1, 0.15) is 5.75 Å². The summed E-state index contributed by atoms with van der Waals surface area (Å²) in [6, 6.07) is 7.56. The van der Waals surface area contributed by atoms with Crippen LogP contribution in [0.5, 0.6) is 5.75 Å². The Morgan fingerprint density at radius 1 is 1.32 bits per heavy atom. The van der Waals surface area contributed by atoms with Gasteiger partial charge in [-0.25, -0.2) is 0 Å². The van der Waals surface area contributed by atoms with E-state index in [1.54, 1.807) is 4.57 Å². The highest BCUT2D eigenvalue weighted by Gasteiger charge is 2.04. The van der Waals surface area contributed by atoms with Gasteiger partial charge in [0, 0.05) is 18.1 Å². The van der Waals surface area contributed by atoms with E-state index in [1.165, 1.54) is 0 Å². The minimum Gasteiger partial charge on any atom is -0.494 e. The van der Waals surface area contributed by atoms with Gasteiger partial charge in [-0.15, -0.1) is 0 Å². The van der Waals surface area contributed by atoms with E-state index in [-0.39, 0.29) is 5.56 Å². The van der Waals surface area contributed by atoms with Gasteiger partial charge in [-0.05, 0) is 49.0 Å². The molecule has 4 heteroatoms. The summed E-state index contributed by atoms with van der Waals surface area (Å²) < 4.78 is 7.28. The van der Waals surface area contributed by atoms with Crippen LogP contribution in [0.3, 0.4) is 0 Å². The van der Waals surface area contributed by atoms with Crippen molar-refractivity contribution in [1.29, 1.82) is 0 Å². The molecule has 0 unspecified atom stereocenters. The fourth-order valence-electron chi connectivity index (χ4n) is 2.01. The van der Waals surface area contributed by atoms with E-state index in [0.717, 1.165) is 29.4 Å². The first-order chi connectivity index (χ1) is 9.26. The number of pyridine rings is 1. The number of hydrogen-bond acceptors (Lipinski definition) is 3. The molecule has 1 aromatic heterocycles. The Hall–Kier alpha value is -1.81. The molecule has 0 atom stereocenters. The van der Waals surface area contributed by atoms with E-state index >= 15 is 0 Å². The molecule has 2 N–H and O–H groups in total. The van der Waals surface area contributed by atoms with Crippen molar-refractivity contribution in [2.45, 2.75) is 26.3 Å². The van der Waals surface area contributed by atoms with E-state index in [0.29, 0.717) is 19.7 Å². The standard InChI is InChI=1S/C15H20N2O2/c1-2-10-19-13-4-5-14-12(11-13)6-9-17(15(14)18)8-3-7-16/h4-6,9,11H,2-3,7-8,10,16H2,1H3. The summed E-state index contributed by atoms with van der Waals surface area (Å²) >= 11 is 0. The number of nitrogens with zero attached hydrogens (tertiary/aromatic N) is 1. The summed E-state index contributed by atoms with van der Waals surface area (Å²) in [4.78, 5) is 12.2. The number of nitrogens with two attached hydrogens (primary N) is 1. The van der Waals surface area contributed by atoms with Crippen molar-refractivity contribution >= 4 is 10.8 Å². The highest BCUT2D eigenvalue weighted by atomic mass is 16.5. The molecule has 4 nitrogen and oxygen atoms in total. The zero-order valence-electron chi connectivity index (χ0n) is 11.3. The number of rotatable bonds is 6. The van der Waals surface area contributed by atoms with Gasteiger partial charge < -0.3 is 15.0 Å². The molecule has 0 spiro atoms. The molecule has 0 aliphatic carbocycles. The highest BCUT2D eigenvalue weighted by Crippen LogP contribution is 2.18. The minimum absolute atomic E-state index is 0.0352. The van der Waals surface area contributed by atoms with E-state index < -0.39 is 0 Å². The fourth-order valence-corrected chi connectivity index (χ4v) is 2.01. The maximum atomic E-state index is 12.2. The van der Waals surface area contributed by atoms with Crippen molar-refractivity contribution in [2.75, 3.05) is 13.2 Å². The summed E-state index contributed by atoms with van der Waals surface area (Å²) in [6.45, 7) is 4.02. The summed E-state index contributed by atoms with van der Waals surface area (Å²) in [7, 11) is 0. The monoisotopic (exact) mass is 260 g/mol. The van der Waals surface area contributed by atoms with Gasteiger partial charge in [0.2, 0.25) is 0 Å². The lowest BCUT2D eigenvalue weighted by molar-refractivity contribution is 0.318. The summed E-state index contributed by atoms with van der Waals surface area (Å²) in [6.07, 6.45) is 3.60. The largest absolute Gasteiger partial charge is 0.494 e. The van der Waals surface area contributed by atoms with Crippen molar-refractivity contribution < 1.29 is 4.74 Å². The SMILES string of the molecule is CCCOc1ccc2c(=O)n(CCCN)ccc2c1. The van der Waals surface area contributed by atoms with Crippen LogP contribution in [-0.4, -0.2) is 17.7 Å². The molecule has 0 saturated carbocycles. The molecule has 0 saturated heterocycles. The lowest BCUT2D eigenvalue weighted by Crippen LogP contribution is -2.20. The van der Waals surface area contributed by atoms with Crippen LogP contribution >= 0.6 is 0 Å². The molecule has 1 aromatic carbocycles. The van der Waals surface area contributed by atoms with Crippen LogP contribution < -0.4 is 16.0 Å². The van der Waals surface area contributed by atoms with E-state index in [4.69, 9.17) is 10.5 Å². The molecule has 2 rings (SSSR count). The number of aryl methyl sites for hydroxylation is 1. The highest BCUT2D eigenvalue weighted by molar-refractivity contribution is 5.82. The topological polar surface area (TPSA) is 57.2 Å². The molecule has 2 aromatic rings. The molecular weight excluding hydrogens is 240 g/mol. The number of hydrogen-bond donors (Lipinski definition) is 1. The molecular formula is C15H20N2O2. The Bertz CT molecular complexity index is 605. The second-order valence-electron chi connectivity index (χ2n) is 4.55. The summed E-state index contributed by atoms with van der Waals surface area (Å²) in [5, 5.41) is 1.64. The maximum Gasteiger partial charge on any atom is 0.258 e. The van der Waals surface area contributed by atoms with Gasteiger partial charge in [0.15, 0.2) is 0 Å². The van der Waals surface area contributed by atoms with E-state index in [9.17, 15) is 4.79 Å². The van der Waals surface area contributed by atoms with E-state index in [1.807, 2.05) is 30.5 Å². The Morgan fingerprint density at radius 3 is 2.89 bits per heavy atom. The van der Waals surface area contributed by atoms with Gasteiger partial charge in [0.05, 0.1) is 6.61 Å². The molecule has 0 bridgehead atoms. The normalized spacial score (nSPS) is 10.8. The lowest BCUT2D eigenvalue weighted by Gasteiger charge is -2.08. The third kappa shape index (κ3) is 3.15. The van der Waals surface area contributed by atoms with Gasteiger partial charge >= 0.3 is 0 Å². The zero-order valence-corrected chi connectivity index (χ0v) is 11.3. The minimum atomic E-state index is 0.0352. The van der Waals surface area contributed by atoms with Crippen molar-refractivity contribution in [2.24, 2.45) is 5.73 Å². The van der Waals surface area contributed by atoms with Crippen molar-refractivity contribution in [3.63, 3.8) is 0 Å². The summed E-state index contributed by atoms with van der Waals surface area (Å²) in [5.74, 6) is 0.813. The Kier molecular flexibility index (Phi) is 4.58. The first kappa shape index (κ1) is 13.6. The second kappa shape index (κ2) is 6.38. The van der Waals surface area contributed by atoms with Crippen LogP contribution in [0.4, 0.5) is 0 Å². The number of aromatic nitrogens is 1. The van der Waals surface area contributed by atoms with Crippen LogP contribution in [0, 0.1) is 0 Å². The van der Waals surface area contributed by atoms with Crippen molar-refractivity contribution in [1.82, 2.24) is 4.57 Å². The van der Waals surface area contributed by atoms with Gasteiger partial charge in [-0.1, -0.05) is 6.92 Å². The predicted molar refractivity (Wildman–Crippen MR) is 77.7 cm³/mol. The average molecular weight is 260 g/mol. The van der Waals surface area contributed by atoms with Crippen LogP contribution in [0.15, 0.2) is 35.3 Å². The molecule has 1 heterocycles. The molecule has 0 aliphatic heterocycles. The van der Waals surface area contributed by atoms with Crippen molar-refractivity contribution in [3.8, 4) is 5.75 Å². The Balaban J connectivity index is 2.33. The third-order valence-electron chi connectivity index (χ3n) is 3.02. The van der Waals surface area contributed by atoms with Crippen LogP contribution in [0.2, 0.25) is 0 Å². The predicted octanol–water partition coefficient (Wildman–Crippen LogP) is 2.14. The second-order valence-corrected chi connectivity index (χ2v) is 4.55. The van der Waals surface area contributed by atoms with Gasteiger partial charge in [-0.2, -0.15) is 0 Å². The zero-order chi connectivity index (χ0) is 13.7. The van der Waals surface area contributed by atoms with Crippen molar-refractivity contribution in [3.05, 3.63) is 40.8 Å². The number of benzene rings is 1. The van der Waals surface area contributed by atoms with Crippen LogP contribution in [0.1, 0.15) is 19.8 Å². The summed E-state index contributed by atoms with van der Waals surface area (Å²) in [5.41, 5.74) is 5.51. The van der Waals surface area contributed by atoms with Gasteiger partial charge in [0.25, 0.3) is 5.56 Å². The van der Waals surface area contributed by atoms with Gasteiger partial charge in [-0.3, -0.25) is 4.79 Å². The Labute approximate surface area is 112 Å². The molecule has 19 heavy (non-hydrogen) atoms. The van der Waals surface area contributed by atoms with Crippen LogP contribution in [-0.2, 0) is 6.54 Å².